The molecule has 1 aromatic rings. The second-order valence-corrected chi connectivity index (χ2v) is 2.65. The number of rotatable bonds is 3. The molecule has 0 aromatic heterocycles. The van der Waals surface area contributed by atoms with Gasteiger partial charge in [0.1, 0.15) is 12.4 Å². The van der Waals surface area contributed by atoms with Gasteiger partial charge in [-0.3, -0.25) is 10.1 Å². The fourth-order valence-corrected chi connectivity index (χ4v) is 0.999. The van der Waals surface area contributed by atoms with E-state index in [2.05, 4.69) is 4.74 Å². The Morgan fingerprint density at radius 1 is 1.44 bits per heavy atom. The van der Waals surface area contributed by atoms with Crippen molar-refractivity contribution in [3.05, 3.63) is 40.5 Å². The van der Waals surface area contributed by atoms with E-state index in [0.29, 0.717) is 12.7 Å². The van der Waals surface area contributed by atoms with Crippen molar-refractivity contribution in [1.82, 2.24) is 0 Å². The molecule has 0 saturated carbocycles. The lowest BCUT2D eigenvalue weighted by Gasteiger charge is -2.09. The van der Waals surface area contributed by atoms with Crippen molar-refractivity contribution < 1.29 is 27.9 Å². The maximum Gasteiger partial charge on any atom is 0.573 e. The van der Waals surface area contributed by atoms with E-state index in [9.17, 15) is 23.3 Å². The van der Waals surface area contributed by atoms with E-state index in [0.717, 1.165) is 12.1 Å². The van der Waals surface area contributed by atoms with Crippen LogP contribution in [0.15, 0.2) is 18.2 Å². The van der Waals surface area contributed by atoms with Gasteiger partial charge in [0.15, 0.2) is 0 Å². The summed E-state index contributed by atoms with van der Waals surface area (Å²) in [5.74, 6) is -0.640. The maximum atomic E-state index is 11.8. The molecule has 0 aliphatic carbocycles. The van der Waals surface area contributed by atoms with E-state index in [1.165, 1.54) is 0 Å². The molecule has 1 aromatic carbocycles. The quantitative estimate of drug-likeness (QED) is 0.645. The summed E-state index contributed by atoms with van der Waals surface area (Å²) < 4.78 is 38.9. The molecule has 0 aliphatic heterocycles. The van der Waals surface area contributed by atoms with Crippen molar-refractivity contribution in [3.8, 4) is 5.75 Å². The molecule has 0 heterocycles. The molecule has 0 aliphatic rings. The number of ether oxygens (including phenoxy) is 1. The highest BCUT2D eigenvalue weighted by atomic mass is 19.4. The zero-order valence-corrected chi connectivity index (χ0v) is 7.56. The van der Waals surface area contributed by atoms with Crippen molar-refractivity contribution in [3.63, 3.8) is 0 Å². The van der Waals surface area contributed by atoms with Gasteiger partial charge in [-0.05, 0) is 12.1 Å². The van der Waals surface area contributed by atoms with Crippen LogP contribution in [0.2, 0.25) is 0 Å². The van der Waals surface area contributed by atoms with Gasteiger partial charge < -0.3 is 9.84 Å². The van der Waals surface area contributed by atoms with Gasteiger partial charge in [0.05, 0.1) is 10.5 Å². The number of benzene rings is 1. The van der Waals surface area contributed by atoms with Crippen molar-refractivity contribution in [1.29, 1.82) is 0 Å². The lowest BCUT2D eigenvalue weighted by molar-refractivity contribution is -0.385. The summed E-state index contributed by atoms with van der Waals surface area (Å²) in [6, 6.07) is 2.31. The van der Waals surface area contributed by atoms with E-state index in [4.69, 9.17) is 5.11 Å². The van der Waals surface area contributed by atoms with Crippen LogP contribution in [-0.2, 0) is 0 Å². The molecule has 0 spiro atoms. The van der Waals surface area contributed by atoms with Crippen LogP contribution in [0.25, 0.3) is 0 Å². The topological polar surface area (TPSA) is 72.6 Å². The monoisotopic (exact) mass is 236 g/mol. The second-order valence-electron chi connectivity index (χ2n) is 2.65. The summed E-state index contributed by atoms with van der Waals surface area (Å²) >= 11 is 0. The van der Waals surface area contributed by atoms with Crippen LogP contribution < -0.4 is 4.74 Å². The summed E-state index contributed by atoms with van der Waals surface area (Å²) in [5.41, 5.74) is -0.885. The van der Waals surface area contributed by atoms with Crippen LogP contribution in [0.5, 0.6) is 5.75 Å². The van der Waals surface area contributed by atoms with Crippen molar-refractivity contribution in [2.45, 2.75) is 6.36 Å². The molecule has 0 fully saturated rings. The molecule has 1 N–H and O–H groups in total. The molecule has 0 unspecified atom stereocenters. The first-order chi connectivity index (χ1) is 7.33. The standard InChI is InChI=1S/C8H5F3NO4/c9-8(10,11)16-6-1-2-7(12(14)15)5(3-6)4-13/h1-4,13H. The largest absolute Gasteiger partial charge is 0.573 e. The third-order valence-corrected chi connectivity index (χ3v) is 1.57. The number of alkyl halides is 3. The zero-order valence-electron chi connectivity index (χ0n) is 7.56. The molecular weight excluding hydrogens is 231 g/mol. The van der Waals surface area contributed by atoms with Crippen LogP contribution in [0, 0.1) is 16.7 Å². The van der Waals surface area contributed by atoms with E-state index in [1.54, 1.807) is 0 Å². The Kier molecular flexibility index (Phi) is 3.33. The highest BCUT2D eigenvalue weighted by molar-refractivity contribution is 5.47. The molecule has 1 radical (unpaired) electrons. The van der Waals surface area contributed by atoms with Crippen LogP contribution in [-0.4, -0.2) is 16.4 Å². The minimum absolute atomic E-state index is 0.335. The van der Waals surface area contributed by atoms with Crippen LogP contribution in [0.4, 0.5) is 18.9 Å². The highest BCUT2D eigenvalue weighted by Crippen LogP contribution is 2.28. The van der Waals surface area contributed by atoms with Crippen LogP contribution in [0.1, 0.15) is 5.56 Å². The highest BCUT2D eigenvalue weighted by Gasteiger charge is 2.31. The number of nitro benzene ring substituents is 1. The van der Waals surface area contributed by atoms with E-state index >= 15 is 0 Å². The average Bonchev–Trinajstić information content (AvgIpc) is 2.14. The Morgan fingerprint density at radius 2 is 2.06 bits per heavy atom. The average molecular weight is 236 g/mol. The molecule has 0 saturated heterocycles. The number of aliphatic hydroxyl groups is 1. The smallest absolute Gasteiger partial charge is 0.406 e. The molecule has 0 amide bonds. The summed E-state index contributed by atoms with van der Waals surface area (Å²) in [7, 11) is 0. The summed E-state index contributed by atoms with van der Waals surface area (Å²) in [4.78, 5) is 9.55. The molecule has 0 bridgehead atoms. The first-order valence-corrected chi connectivity index (χ1v) is 3.85. The SMILES string of the molecule is O=[N+]([O-])c1ccc(OC(F)(F)F)cc1[CH]O. The van der Waals surface area contributed by atoms with Gasteiger partial charge >= 0.3 is 6.36 Å². The van der Waals surface area contributed by atoms with Crippen molar-refractivity contribution in [2.24, 2.45) is 0 Å². The summed E-state index contributed by atoms with van der Waals surface area (Å²) in [6.07, 6.45) is -4.89. The molecule has 0 atom stereocenters. The first-order valence-electron chi connectivity index (χ1n) is 3.85. The fraction of sp³-hybridized carbons (Fsp3) is 0.125. The Labute approximate surface area is 87.2 Å². The van der Waals surface area contributed by atoms with E-state index in [1.807, 2.05) is 0 Å². The van der Waals surface area contributed by atoms with Gasteiger partial charge in [0.2, 0.25) is 0 Å². The second kappa shape index (κ2) is 4.35. The number of nitrogens with zero attached hydrogens (tertiary/aromatic N) is 1. The normalized spacial score (nSPS) is 11.2. The summed E-state index contributed by atoms with van der Waals surface area (Å²) in [6.45, 7) is 0.335. The Morgan fingerprint density at radius 3 is 2.50 bits per heavy atom. The lowest BCUT2D eigenvalue weighted by atomic mass is 10.2. The third-order valence-electron chi connectivity index (χ3n) is 1.57. The number of halogens is 3. The van der Waals surface area contributed by atoms with Crippen LogP contribution in [0.3, 0.4) is 0 Å². The predicted octanol–water partition coefficient (Wildman–Crippen LogP) is 2.38. The van der Waals surface area contributed by atoms with E-state index < -0.39 is 22.7 Å². The number of hydrogen-bond acceptors (Lipinski definition) is 4. The minimum atomic E-state index is -4.89. The molecule has 1 rings (SSSR count). The zero-order chi connectivity index (χ0) is 12.3. The molecule has 5 nitrogen and oxygen atoms in total. The predicted molar refractivity (Wildman–Crippen MR) is 45.1 cm³/mol. The Balaban J connectivity index is 3.05. The fourth-order valence-electron chi connectivity index (χ4n) is 0.999. The maximum absolute atomic E-state index is 11.8. The van der Waals surface area contributed by atoms with Crippen LogP contribution >= 0.6 is 0 Å². The number of nitro groups is 1. The van der Waals surface area contributed by atoms with Crippen molar-refractivity contribution >= 4 is 5.69 Å². The molecular formula is C8H5F3NO4. The number of hydrogen-bond donors (Lipinski definition) is 1. The number of aliphatic hydroxyl groups excluding tert-OH is 1. The Hall–Kier alpha value is -1.83. The Bertz CT molecular complexity index is 405. The van der Waals surface area contributed by atoms with Gasteiger partial charge in [-0.25, -0.2) is 0 Å². The third kappa shape index (κ3) is 3.09. The van der Waals surface area contributed by atoms with Gasteiger partial charge in [-0.15, -0.1) is 13.2 Å². The first kappa shape index (κ1) is 12.2. The lowest BCUT2D eigenvalue weighted by Crippen LogP contribution is -2.17. The van der Waals surface area contributed by atoms with E-state index in [-0.39, 0.29) is 5.56 Å². The minimum Gasteiger partial charge on any atom is -0.406 e. The van der Waals surface area contributed by atoms with Gasteiger partial charge in [-0.2, -0.15) is 0 Å². The summed E-state index contributed by atoms with van der Waals surface area (Å²) in [5, 5.41) is 19.0. The molecule has 8 heteroatoms. The van der Waals surface area contributed by atoms with Crippen molar-refractivity contribution in [2.75, 3.05) is 0 Å². The molecule has 16 heavy (non-hydrogen) atoms. The van der Waals surface area contributed by atoms with Gasteiger partial charge in [0.25, 0.3) is 5.69 Å². The van der Waals surface area contributed by atoms with Gasteiger partial charge in [-0.1, -0.05) is 0 Å². The molecule has 87 valence electrons. The van der Waals surface area contributed by atoms with Gasteiger partial charge in [0, 0.05) is 6.07 Å².